The number of sulfonamides is 1. The number of ketones is 1. The molecule has 0 N–H and O–H groups in total. The molecule has 2 aromatic carbocycles. The lowest BCUT2D eigenvalue weighted by Crippen LogP contribution is -2.27. The largest absolute Gasteiger partial charge is 0.451 e. The molecule has 1 heterocycles. The maximum absolute atomic E-state index is 12.7. The summed E-state index contributed by atoms with van der Waals surface area (Å²) in [6.07, 6.45) is 3.92. The minimum absolute atomic E-state index is 0.225. The Morgan fingerprint density at radius 2 is 1.66 bits per heavy atom. The molecule has 1 aliphatic heterocycles. The molecule has 1 aliphatic carbocycles. The number of benzene rings is 2. The molecular weight excluding hydrogens is 390 g/mol. The Balaban J connectivity index is 1.47. The molecule has 2 aliphatic rings. The molecule has 0 unspecified atom stereocenters. The Morgan fingerprint density at radius 3 is 2.41 bits per heavy atom. The number of fused-ring (bicyclic) bond motifs is 2. The van der Waals surface area contributed by atoms with Gasteiger partial charge in [0.25, 0.3) is 0 Å². The van der Waals surface area contributed by atoms with Crippen molar-refractivity contribution in [3.8, 4) is 0 Å². The van der Waals surface area contributed by atoms with Crippen molar-refractivity contribution < 1.29 is 22.7 Å². The van der Waals surface area contributed by atoms with Gasteiger partial charge in [-0.1, -0.05) is 12.1 Å². The first-order valence-electron chi connectivity index (χ1n) is 9.71. The molecule has 0 aromatic heterocycles. The van der Waals surface area contributed by atoms with Crippen molar-refractivity contribution in [2.75, 3.05) is 17.1 Å². The number of aryl methyl sites for hydroxylation is 2. The van der Waals surface area contributed by atoms with Crippen LogP contribution in [0.1, 0.15) is 50.8 Å². The predicted octanol–water partition coefficient (Wildman–Crippen LogP) is 2.93. The van der Waals surface area contributed by atoms with Gasteiger partial charge in [0.05, 0.1) is 17.5 Å². The van der Waals surface area contributed by atoms with Crippen LogP contribution < -0.4 is 4.31 Å². The van der Waals surface area contributed by atoms with Gasteiger partial charge in [-0.25, -0.2) is 13.2 Å². The number of carbonyl (C=O) groups excluding carboxylic acids is 2. The monoisotopic (exact) mass is 413 g/mol. The van der Waals surface area contributed by atoms with Crippen LogP contribution in [-0.2, 0) is 34.0 Å². The van der Waals surface area contributed by atoms with Crippen LogP contribution in [0.4, 0.5) is 5.69 Å². The van der Waals surface area contributed by atoms with E-state index >= 15 is 0 Å². The van der Waals surface area contributed by atoms with Crippen LogP contribution in [0.2, 0.25) is 0 Å². The molecule has 1 atom stereocenters. The number of nitrogens with zero attached hydrogens (tertiary/aromatic N) is 1. The fourth-order valence-corrected chi connectivity index (χ4v) is 5.04. The highest BCUT2D eigenvalue weighted by Crippen LogP contribution is 2.31. The minimum Gasteiger partial charge on any atom is -0.451 e. The fraction of sp³-hybridized carbons (Fsp3) is 0.364. The Morgan fingerprint density at radius 1 is 0.966 bits per heavy atom. The molecule has 2 aromatic rings. The zero-order chi connectivity index (χ0) is 20.8. The third-order valence-corrected chi connectivity index (χ3v) is 6.78. The molecule has 0 bridgehead atoms. The van der Waals surface area contributed by atoms with E-state index in [0.717, 1.165) is 31.1 Å². The Bertz CT molecular complexity index is 1110. The molecular formula is C22H23NO5S. The average molecular weight is 413 g/mol. The lowest BCUT2D eigenvalue weighted by molar-refractivity contribution is 0.0318. The first-order valence-corrected chi connectivity index (χ1v) is 11.6. The lowest BCUT2D eigenvalue weighted by Gasteiger charge is -2.17. The quantitative estimate of drug-likeness (QED) is 0.556. The number of ether oxygens (including phenoxy) is 1. The zero-order valence-electron chi connectivity index (χ0n) is 16.5. The summed E-state index contributed by atoms with van der Waals surface area (Å²) in [5, 5.41) is 0. The van der Waals surface area contributed by atoms with E-state index in [2.05, 4.69) is 0 Å². The number of rotatable bonds is 5. The van der Waals surface area contributed by atoms with Gasteiger partial charge in [-0.2, -0.15) is 0 Å². The van der Waals surface area contributed by atoms with Gasteiger partial charge in [-0.05, 0) is 73.6 Å². The standard InChI is InChI=1S/C22H23NO5S/c1-14(21(24)18-7-6-15-4-3-5-16(15)12-18)28-22(25)19-8-9-20-17(13-19)10-11-23(20)29(2,26)27/h6-9,12-14H,3-5,10-11H2,1-2H3/t14-/m1/s1. The van der Waals surface area contributed by atoms with Crippen LogP contribution >= 0.6 is 0 Å². The van der Waals surface area contributed by atoms with Crippen molar-refractivity contribution in [2.24, 2.45) is 0 Å². The third-order valence-electron chi connectivity index (χ3n) is 5.60. The summed E-state index contributed by atoms with van der Waals surface area (Å²) in [5.41, 5.74) is 4.72. The van der Waals surface area contributed by atoms with Gasteiger partial charge < -0.3 is 4.74 Å². The highest BCUT2D eigenvalue weighted by atomic mass is 32.2. The smallest absolute Gasteiger partial charge is 0.338 e. The summed E-state index contributed by atoms with van der Waals surface area (Å²) in [6.45, 7) is 1.94. The zero-order valence-corrected chi connectivity index (χ0v) is 17.3. The fourth-order valence-electron chi connectivity index (χ4n) is 4.08. The lowest BCUT2D eigenvalue weighted by atomic mass is 10.0. The van der Waals surface area contributed by atoms with Crippen LogP contribution in [0.15, 0.2) is 36.4 Å². The van der Waals surface area contributed by atoms with Crippen molar-refractivity contribution >= 4 is 27.5 Å². The second-order valence-electron chi connectivity index (χ2n) is 7.68. The number of carbonyl (C=O) groups is 2. The Hall–Kier alpha value is -2.67. The molecule has 0 spiro atoms. The molecule has 0 radical (unpaired) electrons. The highest BCUT2D eigenvalue weighted by molar-refractivity contribution is 7.92. The SMILES string of the molecule is C[C@@H](OC(=O)c1ccc2c(c1)CCN2S(C)(=O)=O)C(=O)c1ccc2c(c1)CCC2. The molecule has 152 valence electrons. The number of hydrogen-bond acceptors (Lipinski definition) is 5. The summed E-state index contributed by atoms with van der Waals surface area (Å²) in [6, 6.07) is 10.5. The summed E-state index contributed by atoms with van der Waals surface area (Å²) < 4.78 is 30.4. The van der Waals surface area contributed by atoms with Gasteiger partial charge in [0, 0.05) is 12.1 Å². The van der Waals surface area contributed by atoms with E-state index < -0.39 is 22.1 Å². The summed E-state index contributed by atoms with van der Waals surface area (Å²) in [5.74, 6) is -0.815. The number of esters is 1. The summed E-state index contributed by atoms with van der Waals surface area (Å²) in [4.78, 5) is 25.3. The second kappa shape index (κ2) is 7.30. The third kappa shape index (κ3) is 3.79. The van der Waals surface area contributed by atoms with Gasteiger partial charge in [-0.15, -0.1) is 0 Å². The van der Waals surface area contributed by atoms with Gasteiger partial charge in [-0.3, -0.25) is 9.10 Å². The van der Waals surface area contributed by atoms with E-state index in [1.807, 2.05) is 12.1 Å². The second-order valence-corrected chi connectivity index (χ2v) is 9.58. The van der Waals surface area contributed by atoms with Crippen molar-refractivity contribution in [1.82, 2.24) is 0 Å². The van der Waals surface area contributed by atoms with E-state index in [4.69, 9.17) is 4.74 Å². The molecule has 29 heavy (non-hydrogen) atoms. The van der Waals surface area contributed by atoms with E-state index in [-0.39, 0.29) is 5.78 Å². The van der Waals surface area contributed by atoms with Gasteiger partial charge in [0.15, 0.2) is 6.10 Å². The van der Waals surface area contributed by atoms with Crippen molar-refractivity contribution in [2.45, 2.75) is 38.7 Å². The normalized spacial score (nSPS) is 16.3. The average Bonchev–Trinajstić information content (AvgIpc) is 3.32. The molecule has 4 rings (SSSR count). The van der Waals surface area contributed by atoms with Crippen molar-refractivity contribution in [1.29, 1.82) is 0 Å². The van der Waals surface area contributed by atoms with Crippen LogP contribution in [0.25, 0.3) is 0 Å². The number of Topliss-reactive ketones (excluding diaryl/α,β-unsaturated/α-hetero) is 1. The van der Waals surface area contributed by atoms with E-state index in [1.165, 1.54) is 21.5 Å². The van der Waals surface area contributed by atoms with Gasteiger partial charge in [0.1, 0.15) is 0 Å². The van der Waals surface area contributed by atoms with Crippen LogP contribution in [0, 0.1) is 0 Å². The highest BCUT2D eigenvalue weighted by Gasteiger charge is 2.28. The summed E-state index contributed by atoms with van der Waals surface area (Å²) in [7, 11) is -3.34. The first-order chi connectivity index (χ1) is 13.7. The van der Waals surface area contributed by atoms with E-state index in [0.29, 0.717) is 29.8 Å². The molecule has 0 amide bonds. The van der Waals surface area contributed by atoms with Crippen LogP contribution in [0.5, 0.6) is 0 Å². The molecule has 0 saturated carbocycles. The number of anilines is 1. The number of hydrogen-bond donors (Lipinski definition) is 0. The maximum Gasteiger partial charge on any atom is 0.338 e. The van der Waals surface area contributed by atoms with Gasteiger partial charge in [0.2, 0.25) is 15.8 Å². The Labute approximate surface area is 170 Å². The minimum atomic E-state index is -3.34. The van der Waals surface area contributed by atoms with Crippen molar-refractivity contribution in [3.05, 3.63) is 64.2 Å². The first kappa shape index (κ1) is 19.6. The van der Waals surface area contributed by atoms with Crippen molar-refractivity contribution in [3.63, 3.8) is 0 Å². The van der Waals surface area contributed by atoms with E-state index in [1.54, 1.807) is 25.1 Å². The van der Waals surface area contributed by atoms with Crippen LogP contribution in [0.3, 0.4) is 0 Å². The topological polar surface area (TPSA) is 80.8 Å². The molecule has 7 heteroatoms. The van der Waals surface area contributed by atoms with Gasteiger partial charge >= 0.3 is 5.97 Å². The predicted molar refractivity (Wildman–Crippen MR) is 110 cm³/mol. The van der Waals surface area contributed by atoms with Crippen LogP contribution in [-0.4, -0.2) is 39.1 Å². The maximum atomic E-state index is 12.7. The molecule has 0 fully saturated rings. The summed E-state index contributed by atoms with van der Waals surface area (Å²) >= 11 is 0. The Kier molecular flexibility index (Phi) is 4.94. The molecule has 0 saturated heterocycles. The molecule has 6 nitrogen and oxygen atoms in total. The van der Waals surface area contributed by atoms with E-state index in [9.17, 15) is 18.0 Å².